The molecule has 0 aliphatic rings. The Labute approximate surface area is 227 Å². The predicted octanol–water partition coefficient (Wildman–Crippen LogP) is 7.40. The molecule has 0 bridgehead atoms. The third-order valence-corrected chi connectivity index (χ3v) is 7.04. The number of nitrogens with one attached hydrogen (secondary N) is 2. The smallest absolute Gasteiger partial charge is 0.341 e. The number of hydrogen-bond acceptors (Lipinski definition) is 5. The fourth-order valence-electron chi connectivity index (χ4n) is 3.63. The van der Waals surface area contributed by atoms with Gasteiger partial charge in [0, 0.05) is 27.2 Å². The molecule has 2 heterocycles. The van der Waals surface area contributed by atoms with Crippen molar-refractivity contribution in [3.8, 4) is 11.1 Å². The van der Waals surface area contributed by atoms with Gasteiger partial charge in [0.2, 0.25) is 0 Å². The van der Waals surface area contributed by atoms with Crippen LogP contribution in [-0.2, 0) is 11.3 Å². The van der Waals surface area contributed by atoms with Crippen molar-refractivity contribution in [2.24, 2.45) is 0 Å². The minimum absolute atomic E-state index is 0.0880. The highest BCUT2D eigenvalue weighted by Crippen LogP contribution is 2.40. The number of carbonyl (C=O) groups excluding carboxylic acids is 1. The Kier molecular flexibility index (Phi) is 8.25. The van der Waals surface area contributed by atoms with Crippen molar-refractivity contribution in [1.82, 2.24) is 9.78 Å². The van der Waals surface area contributed by atoms with Gasteiger partial charge < -0.3 is 15.4 Å². The van der Waals surface area contributed by atoms with Crippen LogP contribution in [0.25, 0.3) is 11.1 Å². The first-order chi connectivity index (χ1) is 17.3. The first-order valence-electron chi connectivity index (χ1n) is 10.9. The van der Waals surface area contributed by atoms with Crippen LogP contribution in [0.5, 0.6) is 0 Å². The number of thiocarbonyl (C=S) groups is 1. The zero-order valence-electron chi connectivity index (χ0n) is 19.3. The summed E-state index contributed by atoms with van der Waals surface area (Å²) in [5.41, 5.74) is 2.39. The molecule has 4 rings (SSSR count). The van der Waals surface area contributed by atoms with Crippen LogP contribution in [-0.4, -0.2) is 27.5 Å². The number of rotatable bonds is 7. The van der Waals surface area contributed by atoms with Crippen molar-refractivity contribution in [1.29, 1.82) is 0 Å². The number of aromatic nitrogens is 2. The summed E-state index contributed by atoms with van der Waals surface area (Å²) < 4.78 is 21.0. The van der Waals surface area contributed by atoms with E-state index in [2.05, 4.69) is 15.7 Å². The molecule has 0 radical (unpaired) electrons. The van der Waals surface area contributed by atoms with Crippen LogP contribution in [0.4, 0.5) is 15.2 Å². The van der Waals surface area contributed by atoms with Crippen molar-refractivity contribution in [2.45, 2.75) is 20.4 Å². The molecule has 11 heteroatoms. The van der Waals surface area contributed by atoms with Crippen molar-refractivity contribution in [3.63, 3.8) is 0 Å². The molecule has 0 atom stereocenters. The lowest BCUT2D eigenvalue weighted by Crippen LogP contribution is -2.21. The SMILES string of the molecule is CCOC(=O)c1c(NC(=S)Nc2nn(Cc3c(F)cccc3Cl)cc2Cl)sc(C)c1-c1ccccc1. The molecule has 2 aromatic heterocycles. The lowest BCUT2D eigenvalue weighted by molar-refractivity contribution is 0.0529. The Bertz CT molecular complexity index is 1400. The number of anilines is 2. The number of halogens is 3. The standard InChI is InChI=1S/C25H21Cl2FN4O2S2/c1-3-34-24(33)21-20(15-8-5-4-6-9-15)14(2)36-23(21)30-25(35)29-22-18(27)13-32(31-22)12-16-17(26)10-7-11-19(16)28/h4-11,13H,3,12H2,1-2H3,(H2,29,30,31,35). The molecule has 0 fully saturated rings. The summed E-state index contributed by atoms with van der Waals surface area (Å²) >= 11 is 19.3. The number of thiophene rings is 1. The molecule has 0 aliphatic carbocycles. The number of ether oxygens (including phenoxy) is 1. The maximum Gasteiger partial charge on any atom is 0.341 e. The maximum atomic E-state index is 14.2. The van der Waals surface area contributed by atoms with Crippen LogP contribution in [0.2, 0.25) is 10.0 Å². The zero-order valence-corrected chi connectivity index (χ0v) is 22.4. The summed E-state index contributed by atoms with van der Waals surface area (Å²) in [5, 5.41) is 11.7. The van der Waals surface area contributed by atoms with Gasteiger partial charge in [-0.25, -0.2) is 9.18 Å². The maximum absolute atomic E-state index is 14.2. The molecule has 0 spiro atoms. The van der Waals surface area contributed by atoms with Gasteiger partial charge in [0.05, 0.1) is 13.2 Å². The molecule has 0 aliphatic heterocycles. The minimum Gasteiger partial charge on any atom is -0.462 e. The van der Waals surface area contributed by atoms with E-state index >= 15 is 0 Å². The Balaban J connectivity index is 1.57. The minimum atomic E-state index is -0.449. The topological polar surface area (TPSA) is 68.2 Å². The molecule has 0 amide bonds. The molecular formula is C25H21Cl2FN4O2S2. The summed E-state index contributed by atoms with van der Waals surface area (Å²) in [5.74, 6) is -0.611. The molecule has 0 unspecified atom stereocenters. The van der Waals surface area contributed by atoms with Crippen LogP contribution in [0.3, 0.4) is 0 Å². The largest absolute Gasteiger partial charge is 0.462 e. The molecule has 2 N–H and O–H groups in total. The average Bonchev–Trinajstić information content (AvgIpc) is 3.35. The van der Waals surface area contributed by atoms with E-state index in [1.54, 1.807) is 19.2 Å². The van der Waals surface area contributed by atoms with Crippen LogP contribution >= 0.6 is 46.8 Å². The predicted molar refractivity (Wildman–Crippen MR) is 148 cm³/mol. The van der Waals surface area contributed by atoms with Gasteiger partial charge in [-0.3, -0.25) is 4.68 Å². The highest BCUT2D eigenvalue weighted by atomic mass is 35.5. The lowest BCUT2D eigenvalue weighted by atomic mass is 10.0. The summed E-state index contributed by atoms with van der Waals surface area (Å²) in [7, 11) is 0. The quantitative estimate of drug-likeness (QED) is 0.180. The molecule has 36 heavy (non-hydrogen) atoms. The van der Waals surface area contributed by atoms with E-state index in [1.807, 2.05) is 37.3 Å². The fourth-order valence-corrected chi connectivity index (χ4v) is 5.39. The van der Waals surface area contributed by atoms with Gasteiger partial charge in [-0.15, -0.1) is 11.3 Å². The van der Waals surface area contributed by atoms with Crippen molar-refractivity contribution < 1.29 is 13.9 Å². The summed E-state index contributed by atoms with van der Waals surface area (Å²) in [4.78, 5) is 13.8. The number of esters is 1. The van der Waals surface area contributed by atoms with Gasteiger partial charge in [-0.1, -0.05) is 59.6 Å². The molecule has 2 aromatic carbocycles. The van der Waals surface area contributed by atoms with Gasteiger partial charge in [-0.05, 0) is 43.8 Å². The van der Waals surface area contributed by atoms with E-state index < -0.39 is 11.8 Å². The first-order valence-corrected chi connectivity index (χ1v) is 12.9. The second-order valence-electron chi connectivity index (χ2n) is 7.63. The average molecular weight is 564 g/mol. The third kappa shape index (κ3) is 5.70. The van der Waals surface area contributed by atoms with E-state index in [9.17, 15) is 9.18 Å². The van der Waals surface area contributed by atoms with Crippen LogP contribution in [0, 0.1) is 12.7 Å². The normalized spacial score (nSPS) is 10.8. The second-order valence-corrected chi connectivity index (χ2v) is 10.1. The van der Waals surface area contributed by atoms with Crippen LogP contribution < -0.4 is 10.6 Å². The summed E-state index contributed by atoms with van der Waals surface area (Å²) in [6, 6.07) is 14.1. The number of aryl methyl sites for hydroxylation is 1. The molecular weight excluding hydrogens is 542 g/mol. The first kappa shape index (κ1) is 26.1. The Morgan fingerprint density at radius 2 is 1.89 bits per heavy atom. The fraction of sp³-hybridized carbons (Fsp3) is 0.160. The highest BCUT2D eigenvalue weighted by molar-refractivity contribution is 7.80. The molecule has 0 saturated heterocycles. The second kappa shape index (κ2) is 11.4. The number of benzene rings is 2. The third-order valence-electron chi connectivity index (χ3n) is 5.18. The number of carbonyl (C=O) groups is 1. The molecule has 4 aromatic rings. The van der Waals surface area contributed by atoms with Crippen LogP contribution in [0.1, 0.15) is 27.7 Å². The van der Waals surface area contributed by atoms with Gasteiger partial charge in [0.1, 0.15) is 21.4 Å². The summed E-state index contributed by atoms with van der Waals surface area (Å²) in [6.45, 7) is 4.02. The van der Waals surface area contributed by atoms with Gasteiger partial charge in [0.15, 0.2) is 10.9 Å². The Hall–Kier alpha value is -2.98. The van der Waals surface area contributed by atoms with Crippen molar-refractivity contribution >= 4 is 68.7 Å². The molecule has 0 saturated carbocycles. The van der Waals surface area contributed by atoms with Gasteiger partial charge >= 0.3 is 5.97 Å². The highest BCUT2D eigenvalue weighted by Gasteiger charge is 2.25. The summed E-state index contributed by atoms with van der Waals surface area (Å²) in [6.07, 6.45) is 1.54. The number of hydrogen-bond donors (Lipinski definition) is 2. The number of nitrogens with zero attached hydrogens (tertiary/aromatic N) is 2. The molecule has 6 nitrogen and oxygen atoms in total. The van der Waals surface area contributed by atoms with E-state index in [1.165, 1.54) is 28.2 Å². The van der Waals surface area contributed by atoms with E-state index in [4.69, 9.17) is 40.2 Å². The van der Waals surface area contributed by atoms with Crippen molar-refractivity contribution in [2.75, 3.05) is 17.2 Å². The monoisotopic (exact) mass is 562 g/mol. The Morgan fingerprint density at radius 3 is 2.58 bits per heavy atom. The van der Waals surface area contributed by atoms with Gasteiger partial charge in [0.25, 0.3) is 0 Å². The molecule has 186 valence electrons. The van der Waals surface area contributed by atoms with E-state index in [-0.39, 0.29) is 29.1 Å². The van der Waals surface area contributed by atoms with Crippen molar-refractivity contribution in [3.05, 3.63) is 86.6 Å². The zero-order chi connectivity index (χ0) is 25.8. The lowest BCUT2D eigenvalue weighted by Gasteiger charge is -2.11. The van der Waals surface area contributed by atoms with E-state index in [0.717, 1.165) is 16.0 Å². The Morgan fingerprint density at radius 1 is 1.14 bits per heavy atom. The van der Waals surface area contributed by atoms with E-state index in [0.29, 0.717) is 21.2 Å². The van der Waals surface area contributed by atoms with Crippen LogP contribution in [0.15, 0.2) is 54.7 Å². The van der Waals surface area contributed by atoms with Gasteiger partial charge in [-0.2, -0.15) is 5.10 Å².